The topological polar surface area (TPSA) is 170 Å². The van der Waals surface area contributed by atoms with Gasteiger partial charge in [-0.05, 0) is 56.6 Å². The second-order valence-corrected chi connectivity index (χ2v) is 10.1. The molecule has 0 fully saturated rings. The van der Waals surface area contributed by atoms with Gasteiger partial charge in [0.15, 0.2) is 0 Å². The Hall–Kier alpha value is -3.95. The van der Waals surface area contributed by atoms with Crippen LogP contribution in [0.15, 0.2) is 58.7 Å². The smallest absolute Gasteiger partial charge is 0.326 e. The third-order valence-electron chi connectivity index (χ3n) is 6.14. The van der Waals surface area contributed by atoms with Gasteiger partial charge in [0.2, 0.25) is 11.8 Å². The molecule has 0 saturated heterocycles. The third kappa shape index (κ3) is 11.4. The summed E-state index contributed by atoms with van der Waals surface area (Å²) < 4.78 is 0. The molecule has 0 aromatic heterocycles. The number of allylic oxidation sites excluding steroid dienone is 9. The number of amides is 2. The van der Waals surface area contributed by atoms with Crippen LogP contribution < -0.4 is 10.6 Å². The second-order valence-electron chi connectivity index (χ2n) is 10.1. The molecule has 10 heteroatoms. The summed E-state index contributed by atoms with van der Waals surface area (Å²) in [7, 11) is 0. The third-order valence-corrected chi connectivity index (χ3v) is 6.14. The lowest BCUT2D eigenvalue weighted by molar-refractivity contribution is -0.148. The van der Waals surface area contributed by atoms with Crippen molar-refractivity contribution in [1.29, 1.82) is 0 Å². The fraction of sp³-hybridized carbons (Fsp3) is 0.464. The Kier molecular flexibility index (Phi) is 12.4. The maximum atomic E-state index is 12.4. The van der Waals surface area contributed by atoms with Crippen LogP contribution in [0, 0.1) is 5.41 Å². The monoisotopic (exact) mass is 530 g/mol. The number of carboxylic acids is 3. The molecule has 2 amide bonds. The minimum absolute atomic E-state index is 0.141. The van der Waals surface area contributed by atoms with Crippen molar-refractivity contribution in [2.75, 3.05) is 0 Å². The Morgan fingerprint density at radius 1 is 0.921 bits per heavy atom. The number of carbonyl (C=O) groups excluding carboxylic acids is 2. The van der Waals surface area contributed by atoms with Crippen molar-refractivity contribution in [3.8, 4) is 0 Å². The van der Waals surface area contributed by atoms with Crippen LogP contribution in [-0.4, -0.2) is 57.1 Å². The Bertz CT molecular complexity index is 1090. The predicted molar refractivity (Wildman–Crippen MR) is 142 cm³/mol. The van der Waals surface area contributed by atoms with E-state index in [1.54, 1.807) is 19.1 Å². The molecule has 0 aromatic carbocycles. The number of nitrogens with one attached hydrogen (secondary N) is 2. The van der Waals surface area contributed by atoms with Crippen LogP contribution in [0.3, 0.4) is 0 Å². The molecule has 5 N–H and O–H groups in total. The van der Waals surface area contributed by atoms with Crippen LogP contribution in [0.25, 0.3) is 0 Å². The zero-order valence-electron chi connectivity index (χ0n) is 22.5. The zero-order chi connectivity index (χ0) is 29.0. The molecule has 0 bridgehead atoms. The summed E-state index contributed by atoms with van der Waals surface area (Å²) in [4.78, 5) is 57.9. The quantitative estimate of drug-likeness (QED) is 0.178. The molecule has 38 heavy (non-hydrogen) atoms. The van der Waals surface area contributed by atoms with Gasteiger partial charge in [0.1, 0.15) is 12.1 Å². The van der Waals surface area contributed by atoms with E-state index in [1.165, 1.54) is 23.6 Å². The van der Waals surface area contributed by atoms with Gasteiger partial charge >= 0.3 is 17.9 Å². The van der Waals surface area contributed by atoms with Crippen molar-refractivity contribution < 1.29 is 39.3 Å². The summed E-state index contributed by atoms with van der Waals surface area (Å²) in [6.07, 6.45) is 12.4. The molecule has 1 aliphatic rings. The van der Waals surface area contributed by atoms with Crippen molar-refractivity contribution in [2.45, 2.75) is 78.8 Å². The number of carboxylic acid groups (broad SMARTS) is 3. The van der Waals surface area contributed by atoms with E-state index in [-0.39, 0.29) is 5.41 Å². The van der Waals surface area contributed by atoms with Crippen LogP contribution >= 0.6 is 0 Å². The Balaban J connectivity index is 2.86. The van der Waals surface area contributed by atoms with Gasteiger partial charge < -0.3 is 26.0 Å². The molecule has 1 rings (SSSR count). The molecule has 208 valence electrons. The van der Waals surface area contributed by atoms with Crippen molar-refractivity contribution in [1.82, 2.24) is 10.6 Å². The minimum Gasteiger partial charge on any atom is -0.481 e. The number of carbonyl (C=O) groups is 5. The first-order valence-corrected chi connectivity index (χ1v) is 12.3. The van der Waals surface area contributed by atoms with E-state index >= 15 is 0 Å². The van der Waals surface area contributed by atoms with E-state index < -0.39 is 54.6 Å². The highest BCUT2D eigenvalue weighted by Crippen LogP contribution is 2.40. The molecule has 0 spiro atoms. The van der Waals surface area contributed by atoms with Gasteiger partial charge in [-0.25, -0.2) is 4.79 Å². The first-order valence-electron chi connectivity index (χ1n) is 12.3. The van der Waals surface area contributed by atoms with Gasteiger partial charge in [-0.15, -0.1) is 0 Å². The Morgan fingerprint density at radius 3 is 2.08 bits per heavy atom. The van der Waals surface area contributed by atoms with Gasteiger partial charge in [-0.2, -0.15) is 0 Å². The summed E-state index contributed by atoms with van der Waals surface area (Å²) in [6.45, 7) is 10.3. The van der Waals surface area contributed by atoms with Crippen molar-refractivity contribution in [2.24, 2.45) is 5.41 Å². The molecular formula is C28H38N2O8. The number of hydrogen-bond donors (Lipinski definition) is 5. The van der Waals surface area contributed by atoms with E-state index in [1.807, 2.05) is 24.4 Å². The molecule has 0 radical (unpaired) electrons. The minimum atomic E-state index is -1.78. The number of aliphatic carboxylic acids is 3. The Labute approximate surface area is 222 Å². The van der Waals surface area contributed by atoms with Crippen molar-refractivity contribution >= 4 is 29.7 Å². The van der Waals surface area contributed by atoms with Crippen LogP contribution in [-0.2, 0) is 24.0 Å². The van der Waals surface area contributed by atoms with E-state index in [9.17, 15) is 24.0 Å². The second kappa shape index (κ2) is 14.7. The summed E-state index contributed by atoms with van der Waals surface area (Å²) in [6, 6.07) is -3.38. The Morgan fingerprint density at radius 2 is 1.53 bits per heavy atom. The highest BCUT2D eigenvalue weighted by Gasteiger charge is 2.29. The van der Waals surface area contributed by atoms with Gasteiger partial charge in [0.25, 0.3) is 0 Å². The zero-order valence-corrected chi connectivity index (χ0v) is 22.5. The molecule has 10 nitrogen and oxygen atoms in total. The lowest BCUT2D eigenvalue weighted by Gasteiger charge is -2.32. The highest BCUT2D eigenvalue weighted by molar-refractivity contribution is 5.96. The maximum Gasteiger partial charge on any atom is 0.326 e. The van der Waals surface area contributed by atoms with Gasteiger partial charge in [-0.1, -0.05) is 55.4 Å². The first-order chi connectivity index (χ1) is 17.6. The average molecular weight is 531 g/mol. The molecule has 0 unspecified atom stereocenters. The van der Waals surface area contributed by atoms with E-state index in [4.69, 9.17) is 15.3 Å². The van der Waals surface area contributed by atoms with E-state index in [0.29, 0.717) is 5.57 Å². The van der Waals surface area contributed by atoms with Crippen molar-refractivity contribution in [3.63, 3.8) is 0 Å². The van der Waals surface area contributed by atoms with E-state index in [2.05, 4.69) is 32.2 Å². The summed E-state index contributed by atoms with van der Waals surface area (Å²) in [5.41, 5.74) is 4.42. The number of hydrogen-bond acceptors (Lipinski definition) is 5. The summed E-state index contributed by atoms with van der Waals surface area (Å²) in [5.74, 6) is -6.36. The van der Waals surface area contributed by atoms with Crippen LogP contribution in [0.2, 0.25) is 0 Å². The van der Waals surface area contributed by atoms with Crippen LogP contribution in [0.5, 0.6) is 0 Å². The van der Waals surface area contributed by atoms with Crippen molar-refractivity contribution in [3.05, 3.63) is 58.7 Å². The molecule has 1 aliphatic carbocycles. The molecule has 0 heterocycles. The fourth-order valence-electron chi connectivity index (χ4n) is 4.13. The predicted octanol–water partition coefficient (Wildman–Crippen LogP) is 3.52. The largest absolute Gasteiger partial charge is 0.481 e. The standard InChI is InChI=1S/C28H38N2O8/c1-17(11-12-20-19(3)10-7-13-28(20,4)5)8-6-9-18(2)14-23(31)29-21(15-24(32)33)26(36)30-22(27(37)38)16-25(34)35/h6,8-9,11-12,14,21-22H,7,10,13,15-16H2,1-5H3,(H,29,31)(H,30,36)(H,32,33)(H,34,35)(H,37,38)/b9-6+,12-11+,17-8+,18-14+/t21-,22-/m0/s1. The highest BCUT2D eigenvalue weighted by atomic mass is 16.4. The van der Waals surface area contributed by atoms with Crippen LogP contribution in [0.4, 0.5) is 0 Å². The normalized spacial score (nSPS) is 17.8. The van der Waals surface area contributed by atoms with Gasteiger partial charge in [0.05, 0.1) is 12.8 Å². The molecule has 0 aliphatic heterocycles. The maximum absolute atomic E-state index is 12.4. The molecule has 0 saturated carbocycles. The van der Waals surface area contributed by atoms with E-state index in [0.717, 1.165) is 18.4 Å². The number of rotatable bonds is 13. The van der Waals surface area contributed by atoms with Gasteiger partial charge in [0, 0.05) is 6.08 Å². The average Bonchev–Trinajstić information content (AvgIpc) is 2.76. The lowest BCUT2D eigenvalue weighted by Crippen LogP contribution is -2.52. The summed E-state index contributed by atoms with van der Waals surface area (Å²) in [5, 5.41) is 31.1. The molecular weight excluding hydrogens is 492 g/mol. The lowest BCUT2D eigenvalue weighted by atomic mass is 9.72. The molecule has 0 aromatic rings. The van der Waals surface area contributed by atoms with Gasteiger partial charge in [-0.3, -0.25) is 19.2 Å². The molecule has 2 atom stereocenters. The fourth-order valence-corrected chi connectivity index (χ4v) is 4.13. The van der Waals surface area contributed by atoms with Crippen LogP contribution in [0.1, 0.15) is 66.7 Å². The first kappa shape index (κ1) is 32.1. The summed E-state index contributed by atoms with van der Waals surface area (Å²) >= 11 is 0. The SMILES string of the molecule is CC1=C(/C=C/C(C)=C/C=C/C(C)=C/C(=O)N[C@@H](CC(=O)O)C(=O)N[C@@H](CC(=O)O)C(=O)O)C(C)(C)CCC1.